The number of hydrogen-bond acceptors (Lipinski definition) is 6. The van der Waals surface area contributed by atoms with Gasteiger partial charge < -0.3 is 5.11 Å². The van der Waals surface area contributed by atoms with E-state index in [4.69, 9.17) is 5.11 Å². The average molecular weight is 303 g/mol. The summed E-state index contributed by atoms with van der Waals surface area (Å²) >= 11 is 0.120. The molecule has 7 nitrogen and oxygen atoms in total. The molecule has 1 aromatic carbocycles. The molecule has 1 rings (SSSR count). The molecule has 0 heterocycles. The minimum absolute atomic E-state index is 0.120. The number of para-hydroxylation sites is 2. The van der Waals surface area contributed by atoms with Gasteiger partial charge in [-0.25, -0.2) is 0 Å². The molecule has 0 spiro atoms. The van der Waals surface area contributed by atoms with Crippen LogP contribution in [0.15, 0.2) is 24.3 Å². The zero-order chi connectivity index (χ0) is 15.9. The summed E-state index contributed by atoms with van der Waals surface area (Å²) in [4.78, 5) is 9.44. The number of nitro benzene ring substituents is 1. The highest BCUT2D eigenvalue weighted by Crippen LogP contribution is 2.23. The molecular weight excluding hydrogens is 280 g/mol. The standard InChI is InChI=1S/C6H18N3S.C6H5NO3/c1-7(2)10(8(3)4)9(5)6;8-6-4-2-1-3-5(6)7(9)10/h1-6H3;1-4,8H/q+1;. The third kappa shape index (κ3) is 6.20. The van der Waals surface area contributed by atoms with Gasteiger partial charge in [-0.2, -0.15) is 0 Å². The number of benzene rings is 1. The first-order valence-corrected chi connectivity index (χ1v) is 6.97. The number of phenols is 1. The molecule has 0 unspecified atom stereocenters. The summed E-state index contributed by atoms with van der Waals surface area (Å²) in [6.07, 6.45) is 0. The van der Waals surface area contributed by atoms with Crippen molar-refractivity contribution in [2.45, 2.75) is 0 Å². The molecule has 0 saturated carbocycles. The van der Waals surface area contributed by atoms with Crippen LogP contribution in [-0.4, -0.2) is 65.2 Å². The van der Waals surface area contributed by atoms with E-state index in [-0.39, 0.29) is 22.9 Å². The van der Waals surface area contributed by atoms with Crippen LogP contribution >= 0.6 is 0 Å². The zero-order valence-electron chi connectivity index (χ0n) is 12.8. The molecule has 0 fully saturated rings. The van der Waals surface area contributed by atoms with E-state index in [9.17, 15) is 10.1 Å². The van der Waals surface area contributed by atoms with E-state index in [0.29, 0.717) is 0 Å². The molecule has 0 aliphatic carbocycles. The van der Waals surface area contributed by atoms with E-state index < -0.39 is 4.92 Å². The van der Waals surface area contributed by atoms with Crippen LogP contribution in [0.5, 0.6) is 5.75 Å². The summed E-state index contributed by atoms with van der Waals surface area (Å²) in [7, 11) is 12.5. The number of nitro groups is 1. The average Bonchev–Trinajstić information content (AvgIpc) is 2.27. The normalized spacial score (nSPS) is 10.9. The zero-order valence-corrected chi connectivity index (χ0v) is 13.6. The lowest BCUT2D eigenvalue weighted by Crippen LogP contribution is -2.44. The Hall–Kier alpha value is -1.35. The van der Waals surface area contributed by atoms with Gasteiger partial charge in [-0.1, -0.05) is 25.0 Å². The van der Waals surface area contributed by atoms with Crippen molar-refractivity contribution in [2.75, 3.05) is 42.3 Å². The number of hydrogen-bond donors (Lipinski definition) is 1. The molecule has 0 atom stereocenters. The van der Waals surface area contributed by atoms with Gasteiger partial charge in [0.25, 0.3) is 11.5 Å². The first kappa shape index (κ1) is 18.7. The van der Waals surface area contributed by atoms with E-state index >= 15 is 0 Å². The highest BCUT2D eigenvalue weighted by atomic mass is 32.2. The maximum Gasteiger partial charge on any atom is 0.310 e. The highest BCUT2D eigenvalue weighted by Gasteiger charge is 2.29. The lowest BCUT2D eigenvalue weighted by Gasteiger charge is -2.20. The predicted octanol–water partition coefficient (Wildman–Crippen LogP) is 1.33. The monoisotopic (exact) mass is 303 g/mol. The van der Waals surface area contributed by atoms with E-state index in [1.807, 2.05) is 0 Å². The minimum Gasteiger partial charge on any atom is -0.502 e. The summed E-state index contributed by atoms with van der Waals surface area (Å²) in [5.74, 6) is -0.299. The van der Waals surface area contributed by atoms with Gasteiger partial charge in [-0.05, 0) is 6.07 Å². The van der Waals surface area contributed by atoms with E-state index in [1.54, 1.807) is 0 Å². The fraction of sp³-hybridized carbons (Fsp3) is 0.500. The van der Waals surface area contributed by atoms with Crippen LogP contribution in [-0.2, 0) is 11.5 Å². The Labute approximate surface area is 123 Å². The Morgan fingerprint density at radius 2 is 1.40 bits per heavy atom. The van der Waals surface area contributed by atoms with Crippen molar-refractivity contribution in [1.29, 1.82) is 0 Å². The van der Waals surface area contributed by atoms with Gasteiger partial charge >= 0.3 is 5.69 Å². The molecule has 114 valence electrons. The van der Waals surface area contributed by atoms with Crippen LogP contribution in [0.1, 0.15) is 0 Å². The fourth-order valence-corrected chi connectivity index (χ4v) is 3.56. The van der Waals surface area contributed by atoms with E-state index in [2.05, 4.69) is 55.2 Å². The van der Waals surface area contributed by atoms with Crippen LogP contribution in [0.3, 0.4) is 0 Å². The number of nitrogens with zero attached hydrogens (tertiary/aromatic N) is 4. The molecule has 0 aliphatic rings. The molecule has 8 heteroatoms. The van der Waals surface area contributed by atoms with Gasteiger partial charge in [0, 0.05) is 48.4 Å². The predicted molar refractivity (Wildman–Crippen MR) is 83.2 cm³/mol. The summed E-state index contributed by atoms with van der Waals surface area (Å²) < 4.78 is 6.58. The van der Waals surface area contributed by atoms with Crippen LogP contribution in [0.25, 0.3) is 0 Å². The first-order valence-electron chi connectivity index (χ1n) is 5.87. The van der Waals surface area contributed by atoms with Crippen molar-refractivity contribution in [3.8, 4) is 5.75 Å². The second-order valence-electron chi connectivity index (χ2n) is 4.43. The van der Waals surface area contributed by atoms with Gasteiger partial charge in [0.1, 0.15) is 0 Å². The van der Waals surface area contributed by atoms with Gasteiger partial charge in [-0.15, -0.1) is 0 Å². The molecule has 1 aromatic rings. The molecule has 20 heavy (non-hydrogen) atoms. The van der Waals surface area contributed by atoms with Gasteiger partial charge in [-0.3, -0.25) is 10.1 Å². The van der Waals surface area contributed by atoms with Gasteiger partial charge in [0.2, 0.25) is 0 Å². The SMILES string of the molecule is CN(C)[S+](N(C)C)N(C)C.O=[N+]([O-])c1ccccc1O. The van der Waals surface area contributed by atoms with Crippen LogP contribution in [0, 0.1) is 10.1 Å². The topological polar surface area (TPSA) is 73.1 Å². The Morgan fingerprint density at radius 3 is 1.60 bits per heavy atom. The largest absolute Gasteiger partial charge is 0.502 e. The fourth-order valence-electron chi connectivity index (χ4n) is 1.60. The molecule has 0 saturated heterocycles. The number of rotatable bonds is 4. The second kappa shape index (κ2) is 8.75. The third-order valence-electron chi connectivity index (χ3n) is 2.06. The molecule has 0 amide bonds. The summed E-state index contributed by atoms with van der Waals surface area (Å²) in [5.41, 5.74) is -0.262. The quantitative estimate of drug-likeness (QED) is 0.514. The van der Waals surface area contributed by atoms with Crippen molar-refractivity contribution in [3.05, 3.63) is 34.4 Å². The lowest BCUT2D eigenvalue weighted by atomic mass is 10.3. The van der Waals surface area contributed by atoms with Crippen LogP contribution in [0.2, 0.25) is 0 Å². The van der Waals surface area contributed by atoms with Crippen LogP contribution in [0.4, 0.5) is 5.69 Å². The lowest BCUT2D eigenvalue weighted by molar-refractivity contribution is -0.385. The maximum absolute atomic E-state index is 10.1. The summed E-state index contributed by atoms with van der Waals surface area (Å²) in [6.45, 7) is 0. The summed E-state index contributed by atoms with van der Waals surface area (Å²) in [6, 6.07) is 5.55. The maximum atomic E-state index is 10.1. The molecule has 0 radical (unpaired) electrons. The molecule has 1 N–H and O–H groups in total. The molecule has 0 aromatic heterocycles. The Balaban J connectivity index is 0.000000361. The third-order valence-corrected chi connectivity index (χ3v) is 4.02. The highest BCUT2D eigenvalue weighted by molar-refractivity contribution is 7.90. The Morgan fingerprint density at radius 1 is 1.00 bits per heavy atom. The van der Waals surface area contributed by atoms with Crippen molar-refractivity contribution in [2.24, 2.45) is 0 Å². The van der Waals surface area contributed by atoms with Crippen LogP contribution < -0.4 is 0 Å². The molecule has 0 aliphatic heterocycles. The first-order chi connectivity index (χ1) is 9.18. The van der Waals surface area contributed by atoms with Gasteiger partial charge in [0.05, 0.1) is 4.92 Å². The Kier molecular flexibility index (Phi) is 8.16. The second-order valence-corrected chi connectivity index (χ2v) is 7.11. The summed E-state index contributed by atoms with van der Waals surface area (Å²) in [5, 5.41) is 18.9. The molecule has 0 bridgehead atoms. The van der Waals surface area contributed by atoms with E-state index in [0.717, 1.165) is 0 Å². The van der Waals surface area contributed by atoms with Crippen molar-refractivity contribution >= 4 is 17.1 Å². The van der Waals surface area contributed by atoms with Crippen molar-refractivity contribution in [3.63, 3.8) is 0 Å². The van der Waals surface area contributed by atoms with Gasteiger partial charge in [0.15, 0.2) is 5.75 Å². The minimum atomic E-state index is -0.630. The molecular formula is C12H23N4O3S+. The van der Waals surface area contributed by atoms with Crippen molar-refractivity contribution < 1.29 is 10.0 Å². The van der Waals surface area contributed by atoms with E-state index in [1.165, 1.54) is 24.3 Å². The smallest absolute Gasteiger partial charge is 0.310 e. The van der Waals surface area contributed by atoms with Crippen molar-refractivity contribution in [1.82, 2.24) is 12.9 Å². The Bertz CT molecular complexity index is 408. The number of phenolic OH excluding ortho intramolecular Hbond substituents is 1. The number of aromatic hydroxyl groups is 1.